The molecule has 0 spiro atoms. The van der Waals surface area contributed by atoms with Crippen LogP contribution in [-0.2, 0) is 0 Å². The number of hydrogen-bond acceptors (Lipinski definition) is 6. The van der Waals surface area contributed by atoms with Crippen molar-refractivity contribution >= 4 is 45.0 Å². The van der Waals surface area contributed by atoms with Gasteiger partial charge in [-0.3, -0.25) is 4.79 Å². The number of piperidine rings is 1. The van der Waals surface area contributed by atoms with Gasteiger partial charge in [-0.05, 0) is 44.9 Å². The third kappa shape index (κ3) is 4.26. The highest BCUT2D eigenvalue weighted by Gasteiger charge is 2.21. The summed E-state index contributed by atoms with van der Waals surface area (Å²) in [6, 6.07) is 2.17. The molecule has 136 valence electrons. The Morgan fingerprint density at radius 1 is 1.36 bits per heavy atom. The van der Waals surface area contributed by atoms with Gasteiger partial charge in [-0.25, -0.2) is 9.97 Å². The average Bonchev–Trinajstić information content (AvgIpc) is 3.06. The lowest BCUT2D eigenvalue weighted by atomic mass is 10.1. The molecule has 1 fully saturated rings. The van der Waals surface area contributed by atoms with Gasteiger partial charge in [0.2, 0.25) is 0 Å². The Bertz CT molecular complexity index is 740. The van der Waals surface area contributed by atoms with Crippen molar-refractivity contribution in [3.63, 3.8) is 0 Å². The van der Waals surface area contributed by atoms with E-state index in [1.165, 1.54) is 30.6 Å². The zero-order valence-corrected chi connectivity index (χ0v) is 16.8. The normalized spacial score (nSPS) is 16.2. The molecule has 3 heterocycles. The molecule has 2 aromatic heterocycles. The lowest BCUT2D eigenvalue weighted by molar-refractivity contribution is 0.0942. The number of rotatable bonds is 6. The molecule has 2 aromatic rings. The zero-order valence-electron chi connectivity index (χ0n) is 15.2. The van der Waals surface area contributed by atoms with Crippen LogP contribution in [0.1, 0.15) is 55.6 Å². The monoisotopic (exact) mass is 378 g/mol. The predicted octanol–water partition coefficient (Wildman–Crippen LogP) is 4.32. The zero-order chi connectivity index (χ0) is 17.8. The average molecular weight is 379 g/mol. The van der Waals surface area contributed by atoms with Gasteiger partial charge in [-0.1, -0.05) is 25.1 Å². The third-order valence-corrected chi connectivity index (χ3v) is 6.09. The summed E-state index contributed by atoms with van der Waals surface area (Å²) in [7, 11) is 0. The van der Waals surface area contributed by atoms with Gasteiger partial charge >= 0.3 is 0 Å². The third-order valence-electron chi connectivity index (χ3n) is 4.51. The first-order valence-electron chi connectivity index (χ1n) is 9.03. The van der Waals surface area contributed by atoms with Gasteiger partial charge in [0.05, 0.1) is 10.3 Å². The predicted molar refractivity (Wildman–Crippen MR) is 107 cm³/mol. The SMILES string of the molecule is CCC[C@@H](C)NC(=O)c1cc2c(N3CCCCC3)nc(SC)nc2s1. The fraction of sp³-hybridized carbons (Fsp3) is 0.611. The summed E-state index contributed by atoms with van der Waals surface area (Å²) < 4.78 is 0. The molecule has 0 unspecified atom stereocenters. The van der Waals surface area contributed by atoms with Crippen molar-refractivity contribution in [3.8, 4) is 0 Å². The Morgan fingerprint density at radius 3 is 2.80 bits per heavy atom. The van der Waals surface area contributed by atoms with Crippen LogP contribution >= 0.6 is 23.1 Å². The Morgan fingerprint density at radius 2 is 2.12 bits per heavy atom. The number of carbonyl (C=O) groups is 1. The van der Waals surface area contributed by atoms with Crippen molar-refractivity contribution in [3.05, 3.63) is 10.9 Å². The Labute approximate surface area is 157 Å². The van der Waals surface area contributed by atoms with Crippen LogP contribution in [0, 0.1) is 0 Å². The maximum absolute atomic E-state index is 12.6. The summed E-state index contributed by atoms with van der Waals surface area (Å²) in [6.07, 6.45) is 7.74. The second-order valence-electron chi connectivity index (χ2n) is 6.57. The summed E-state index contributed by atoms with van der Waals surface area (Å²) >= 11 is 3.02. The van der Waals surface area contributed by atoms with Crippen LogP contribution < -0.4 is 10.2 Å². The van der Waals surface area contributed by atoms with Crippen molar-refractivity contribution in [2.75, 3.05) is 24.2 Å². The summed E-state index contributed by atoms with van der Waals surface area (Å²) in [4.78, 5) is 25.9. The first-order valence-corrected chi connectivity index (χ1v) is 11.1. The second-order valence-corrected chi connectivity index (χ2v) is 8.38. The fourth-order valence-electron chi connectivity index (χ4n) is 3.24. The molecule has 1 N–H and O–H groups in total. The molecule has 25 heavy (non-hydrogen) atoms. The van der Waals surface area contributed by atoms with E-state index in [1.807, 2.05) is 12.3 Å². The molecule has 1 atom stereocenters. The number of anilines is 1. The number of fused-ring (bicyclic) bond motifs is 1. The fourth-order valence-corrected chi connectivity index (χ4v) is 4.58. The van der Waals surface area contributed by atoms with Crippen LogP contribution in [0.25, 0.3) is 10.2 Å². The van der Waals surface area contributed by atoms with E-state index >= 15 is 0 Å². The quantitative estimate of drug-likeness (QED) is 0.599. The Hall–Kier alpha value is -1.34. The van der Waals surface area contributed by atoms with Crippen LogP contribution in [0.2, 0.25) is 0 Å². The van der Waals surface area contributed by atoms with E-state index < -0.39 is 0 Å². The smallest absolute Gasteiger partial charge is 0.261 e. The summed E-state index contributed by atoms with van der Waals surface area (Å²) in [6.45, 7) is 6.25. The molecule has 0 bridgehead atoms. The molecule has 1 saturated heterocycles. The molecule has 0 radical (unpaired) electrons. The number of amides is 1. The molecule has 1 aliphatic heterocycles. The van der Waals surface area contributed by atoms with Crippen LogP contribution in [0.3, 0.4) is 0 Å². The van der Waals surface area contributed by atoms with Gasteiger partial charge < -0.3 is 10.2 Å². The van der Waals surface area contributed by atoms with Crippen LogP contribution in [0.15, 0.2) is 11.2 Å². The standard InChI is InChI=1S/C18H26N4OS2/c1-4-8-12(2)19-16(23)14-11-13-15(22-9-6-5-7-10-22)20-18(24-3)21-17(13)25-14/h11-12H,4-10H2,1-3H3,(H,19,23)/t12-/m1/s1. The highest BCUT2D eigenvalue weighted by molar-refractivity contribution is 7.98. The molecular formula is C18H26N4OS2. The number of thiophene rings is 1. The van der Waals surface area contributed by atoms with E-state index in [4.69, 9.17) is 4.98 Å². The number of hydrogen-bond donors (Lipinski definition) is 1. The largest absolute Gasteiger partial charge is 0.356 e. The van der Waals surface area contributed by atoms with Crippen molar-refractivity contribution in [1.29, 1.82) is 0 Å². The van der Waals surface area contributed by atoms with Gasteiger partial charge in [-0.2, -0.15) is 0 Å². The van der Waals surface area contributed by atoms with E-state index in [0.717, 1.165) is 52.0 Å². The minimum atomic E-state index is -0.000698. The number of thioether (sulfide) groups is 1. The van der Waals surface area contributed by atoms with E-state index in [0.29, 0.717) is 0 Å². The molecule has 0 aromatic carbocycles. The molecule has 1 aliphatic rings. The van der Waals surface area contributed by atoms with E-state index in [1.54, 1.807) is 11.8 Å². The van der Waals surface area contributed by atoms with Gasteiger partial charge in [-0.15, -0.1) is 11.3 Å². The first-order chi connectivity index (χ1) is 12.1. The van der Waals surface area contributed by atoms with Crippen molar-refractivity contribution in [2.45, 2.75) is 57.1 Å². The van der Waals surface area contributed by atoms with Crippen molar-refractivity contribution in [2.24, 2.45) is 0 Å². The number of aromatic nitrogens is 2. The molecule has 3 rings (SSSR count). The summed E-state index contributed by atoms with van der Waals surface area (Å²) in [5, 5.41) is 4.88. The Balaban J connectivity index is 1.93. The number of nitrogens with zero attached hydrogens (tertiary/aromatic N) is 3. The second kappa shape index (κ2) is 8.36. The maximum Gasteiger partial charge on any atom is 0.261 e. The topological polar surface area (TPSA) is 58.1 Å². The molecule has 7 heteroatoms. The highest BCUT2D eigenvalue weighted by Crippen LogP contribution is 2.34. The van der Waals surface area contributed by atoms with Gasteiger partial charge in [0, 0.05) is 19.1 Å². The van der Waals surface area contributed by atoms with Crippen LogP contribution in [0.4, 0.5) is 5.82 Å². The van der Waals surface area contributed by atoms with Gasteiger partial charge in [0.1, 0.15) is 10.6 Å². The Kier molecular flexibility index (Phi) is 6.17. The molecular weight excluding hydrogens is 352 g/mol. The van der Waals surface area contributed by atoms with E-state index in [-0.39, 0.29) is 11.9 Å². The van der Waals surface area contributed by atoms with Crippen molar-refractivity contribution < 1.29 is 4.79 Å². The first kappa shape index (κ1) is 18.5. The van der Waals surface area contributed by atoms with Gasteiger partial charge in [0.15, 0.2) is 5.16 Å². The lowest BCUT2D eigenvalue weighted by Crippen LogP contribution is -2.31. The summed E-state index contributed by atoms with van der Waals surface area (Å²) in [5.74, 6) is 0.991. The minimum absolute atomic E-state index is 0.000698. The minimum Gasteiger partial charge on any atom is -0.356 e. The van der Waals surface area contributed by atoms with Crippen LogP contribution in [0.5, 0.6) is 0 Å². The van der Waals surface area contributed by atoms with E-state index in [2.05, 4.69) is 29.0 Å². The lowest BCUT2D eigenvalue weighted by Gasteiger charge is -2.28. The van der Waals surface area contributed by atoms with Gasteiger partial charge in [0.25, 0.3) is 5.91 Å². The maximum atomic E-state index is 12.6. The number of nitrogens with one attached hydrogen (secondary N) is 1. The van der Waals surface area contributed by atoms with E-state index in [9.17, 15) is 4.79 Å². The molecule has 1 amide bonds. The highest BCUT2D eigenvalue weighted by atomic mass is 32.2. The summed E-state index contributed by atoms with van der Waals surface area (Å²) in [5.41, 5.74) is 0. The van der Waals surface area contributed by atoms with Crippen LogP contribution in [-0.4, -0.2) is 41.3 Å². The molecule has 5 nitrogen and oxygen atoms in total. The molecule has 0 saturated carbocycles. The number of carbonyl (C=O) groups excluding carboxylic acids is 1. The van der Waals surface area contributed by atoms with Crippen molar-refractivity contribution in [1.82, 2.24) is 15.3 Å². The molecule has 0 aliphatic carbocycles.